The van der Waals surface area contributed by atoms with Crippen molar-refractivity contribution in [1.82, 2.24) is 0 Å². The van der Waals surface area contributed by atoms with Crippen molar-refractivity contribution in [1.29, 1.82) is 0 Å². The highest BCUT2D eigenvalue weighted by Gasteiger charge is 2.19. The third kappa shape index (κ3) is 1.36. The molecule has 2 aromatic heterocycles. The van der Waals surface area contributed by atoms with Gasteiger partial charge in [0.15, 0.2) is 0 Å². The van der Waals surface area contributed by atoms with Gasteiger partial charge in [0.2, 0.25) is 0 Å². The number of benzene rings is 4. The molecule has 6 rings (SSSR count). The number of fused-ring (bicyclic) bond motifs is 10. The fourth-order valence-corrected chi connectivity index (χ4v) is 3.85. The number of rotatable bonds is 0. The van der Waals surface area contributed by atoms with E-state index in [1.165, 1.54) is 10.8 Å². The van der Waals surface area contributed by atoms with Gasteiger partial charge in [0.25, 0.3) is 0 Å². The smallest absolute Gasteiger partial charge is 0.147 e. The van der Waals surface area contributed by atoms with E-state index in [4.69, 9.17) is 8.83 Å². The molecule has 0 aliphatic heterocycles. The van der Waals surface area contributed by atoms with Gasteiger partial charge in [0.05, 0.1) is 5.39 Å². The molecular formula is C22H12O2. The molecule has 0 aliphatic carbocycles. The summed E-state index contributed by atoms with van der Waals surface area (Å²) in [5, 5.41) is 6.78. The van der Waals surface area contributed by atoms with E-state index in [9.17, 15) is 0 Å². The molecule has 0 fully saturated rings. The summed E-state index contributed by atoms with van der Waals surface area (Å²) < 4.78 is 12.5. The van der Waals surface area contributed by atoms with E-state index in [1.54, 1.807) is 0 Å². The molecule has 0 saturated heterocycles. The molecule has 24 heavy (non-hydrogen) atoms. The van der Waals surface area contributed by atoms with Gasteiger partial charge in [-0.25, -0.2) is 0 Å². The molecule has 0 amide bonds. The minimum absolute atomic E-state index is 0.894. The van der Waals surface area contributed by atoms with E-state index in [0.29, 0.717) is 0 Å². The fourth-order valence-electron chi connectivity index (χ4n) is 3.85. The van der Waals surface area contributed by atoms with Crippen LogP contribution in [0.3, 0.4) is 0 Å². The normalized spacial score (nSPS) is 12.2. The van der Waals surface area contributed by atoms with Crippen LogP contribution in [-0.4, -0.2) is 0 Å². The number of hydrogen-bond acceptors (Lipinski definition) is 2. The Morgan fingerprint density at radius 1 is 0.417 bits per heavy atom. The molecule has 2 heteroatoms. The van der Waals surface area contributed by atoms with E-state index >= 15 is 0 Å². The Balaban J connectivity index is 2.08. The lowest BCUT2D eigenvalue weighted by molar-refractivity contribution is 0.665. The average molecular weight is 308 g/mol. The molecule has 0 spiro atoms. The Hall–Kier alpha value is -3.26. The van der Waals surface area contributed by atoms with E-state index in [1.807, 2.05) is 30.3 Å². The summed E-state index contributed by atoms with van der Waals surface area (Å²) in [7, 11) is 0. The summed E-state index contributed by atoms with van der Waals surface area (Å²) in [6.07, 6.45) is 0. The summed E-state index contributed by atoms with van der Waals surface area (Å²) in [5.74, 6) is 0. The lowest BCUT2D eigenvalue weighted by atomic mass is 10.00. The van der Waals surface area contributed by atoms with Gasteiger partial charge in [0, 0.05) is 21.5 Å². The predicted molar refractivity (Wildman–Crippen MR) is 98.5 cm³/mol. The topological polar surface area (TPSA) is 26.3 Å². The summed E-state index contributed by atoms with van der Waals surface area (Å²) in [6.45, 7) is 0. The first-order valence-electron chi connectivity index (χ1n) is 8.05. The fraction of sp³-hybridized carbons (Fsp3) is 0. The second-order valence-corrected chi connectivity index (χ2v) is 6.15. The SMILES string of the molecule is c1ccc2c(c1)oc1c2c2ccccc2c2oc3ccccc3c21. The quantitative estimate of drug-likeness (QED) is 0.314. The van der Waals surface area contributed by atoms with Crippen molar-refractivity contribution in [3.63, 3.8) is 0 Å². The van der Waals surface area contributed by atoms with Gasteiger partial charge in [0.1, 0.15) is 22.3 Å². The van der Waals surface area contributed by atoms with Gasteiger partial charge < -0.3 is 8.83 Å². The van der Waals surface area contributed by atoms with Gasteiger partial charge in [-0.1, -0.05) is 60.7 Å². The molecular weight excluding hydrogens is 296 g/mol. The van der Waals surface area contributed by atoms with E-state index in [-0.39, 0.29) is 0 Å². The maximum Gasteiger partial charge on any atom is 0.147 e. The van der Waals surface area contributed by atoms with Crippen LogP contribution in [0.2, 0.25) is 0 Å². The van der Waals surface area contributed by atoms with E-state index in [2.05, 4.69) is 42.5 Å². The molecule has 0 radical (unpaired) electrons. The standard InChI is InChI=1S/C22H12O2/c1-2-8-14-13(7-1)19-15-9-3-5-11-17(15)24-22(19)20-16-10-4-6-12-18(16)23-21(14)20/h1-12H. The molecule has 0 atom stereocenters. The van der Waals surface area contributed by atoms with Crippen LogP contribution in [0.4, 0.5) is 0 Å². The van der Waals surface area contributed by atoms with Crippen molar-refractivity contribution in [2.24, 2.45) is 0 Å². The molecule has 2 heterocycles. The Morgan fingerprint density at radius 2 is 0.917 bits per heavy atom. The molecule has 0 unspecified atom stereocenters. The van der Waals surface area contributed by atoms with Crippen molar-refractivity contribution in [2.45, 2.75) is 0 Å². The molecule has 0 N–H and O–H groups in total. The number of hydrogen-bond donors (Lipinski definition) is 0. The van der Waals surface area contributed by atoms with Crippen LogP contribution < -0.4 is 0 Å². The first-order chi connectivity index (χ1) is 11.9. The second-order valence-electron chi connectivity index (χ2n) is 6.15. The largest absolute Gasteiger partial charge is 0.455 e. The van der Waals surface area contributed by atoms with Gasteiger partial charge in [-0.15, -0.1) is 0 Å². The van der Waals surface area contributed by atoms with Crippen LogP contribution in [0.1, 0.15) is 0 Å². The third-order valence-electron chi connectivity index (χ3n) is 4.86. The predicted octanol–water partition coefficient (Wildman–Crippen LogP) is 6.64. The third-order valence-corrected chi connectivity index (χ3v) is 4.86. The molecule has 0 saturated carbocycles. The Kier molecular flexibility index (Phi) is 2.12. The Bertz CT molecular complexity index is 1400. The van der Waals surface area contributed by atoms with Crippen LogP contribution in [0.5, 0.6) is 0 Å². The van der Waals surface area contributed by atoms with Crippen LogP contribution >= 0.6 is 0 Å². The van der Waals surface area contributed by atoms with Gasteiger partial charge in [-0.3, -0.25) is 0 Å². The number of furan rings is 2. The number of para-hydroxylation sites is 2. The Morgan fingerprint density at radius 3 is 1.62 bits per heavy atom. The zero-order chi connectivity index (χ0) is 15.7. The van der Waals surface area contributed by atoms with Gasteiger partial charge in [-0.2, -0.15) is 0 Å². The summed E-state index contributed by atoms with van der Waals surface area (Å²) in [4.78, 5) is 0. The Labute approximate surface area is 136 Å². The minimum atomic E-state index is 0.894. The van der Waals surface area contributed by atoms with Crippen molar-refractivity contribution < 1.29 is 8.83 Å². The van der Waals surface area contributed by atoms with Crippen LogP contribution in [-0.2, 0) is 0 Å². The average Bonchev–Trinajstić information content (AvgIpc) is 3.20. The maximum absolute atomic E-state index is 6.28. The molecule has 0 bridgehead atoms. The highest BCUT2D eigenvalue weighted by molar-refractivity contribution is 6.33. The molecule has 6 aromatic rings. The van der Waals surface area contributed by atoms with E-state index in [0.717, 1.165) is 43.9 Å². The maximum atomic E-state index is 6.28. The molecule has 112 valence electrons. The monoisotopic (exact) mass is 308 g/mol. The summed E-state index contributed by atoms with van der Waals surface area (Å²) in [5.41, 5.74) is 3.62. The second kappa shape index (κ2) is 4.18. The van der Waals surface area contributed by atoms with Crippen LogP contribution in [0.25, 0.3) is 54.6 Å². The minimum Gasteiger partial charge on any atom is -0.455 e. The lowest BCUT2D eigenvalue weighted by Gasteiger charge is -2.01. The molecule has 2 nitrogen and oxygen atoms in total. The first-order valence-corrected chi connectivity index (χ1v) is 8.05. The van der Waals surface area contributed by atoms with Gasteiger partial charge >= 0.3 is 0 Å². The summed E-state index contributed by atoms with van der Waals surface area (Å²) >= 11 is 0. The van der Waals surface area contributed by atoms with Gasteiger partial charge in [-0.05, 0) is 17.5 Å². The van der Waals surface area contributed by atoms with Crippen molar-refractivity contribution >= 4 is 54.6 Å². The summed E-state index contributed by atoms with van der Waals surface area (Å²) in [6, 6.07) is 24.8. The van der Waals surface area contributed by atoms with Crippen molar-refractivity contribution in [3.8, 4) is 0 Å². The van der Waals surface area contributed by atoms with Crippen molar-refractivity contribution in [3.05, 3.63) is 72.8 Å². The zero-order valence-corrected chi connectivity index (χ0v) is 12.7. The molecule has 4 aromatic carbocycles. The van der Waals surface area contributed by atoms with Crippen molar-refractivity contribution in [2.75, 3.05) is 0 Å². The van der Waals surface area contributed by atoms with Crippen LogP contribution in [0.15, 0.2) is 81.6 Å². The van der Waals surface area contributed by atoms with Crippen LogP contribution in [0, 0.1) is 0 Å². The zero-order valence-electron chi connectivity index (χ0n) is 12.7. The van der Waals surface area contributed by atoms with E-state index < -0.39 is 0 Å². The highest BCUT2D eigenvalue weighted by atomic mass is 16.3. The lowest BCUT2D eigenvalue weighted by Crippen LogP contribution is -1.77. The highest BCUT2D eigenvalue weighted by Crippen LogP contribution is 2.44. The first kappa shape index (κ1) is 12.2. The molecule has 0 aliphatic rings.